The Kier molecular flexibility index (Phi) is 3.85. The molecule has 2 rings (SSSR count). The summed E-state index contributed by atoms with van der Waals surface area (Å²) in [6.07, 6.45) is 2.04. The predicted molar refractivity (Wildman–Crippen MR) is 79.5 cm³/mol. The number of hydrogen-bond acceptors (Lipinski definition) is 3. The Morgan fingerprint density at radius 3 is 2.55 bits per heavy atom. The molecule has 0 fully saturated rings. The lowest BCUT2D eigenvalue weighted by Crippen LogP contribution is -2.27. The van der Waals surface area contributed by atoms with Gasteiger partial charge in [-0.15, -0.1) is 0 Å². The number of imidazole rings is 1. The topological polar surface area (TPSA) is 66.1 Å². The molecule has 1 heterocycles. The zero-order valence-corrected chi connectivity index (χ0v) is 13.0. The molecule has 0 aliphatic rings. The Hall–Kier alpha value is -1.82. The second-order valence-corrected chi connectivity index (χ2v) is 6.75. The highest BCUT2D eigenvalue weighted by atomic mass is 32.2. The highest BCUT2D eigenvalue weighted by Gasteiger charge is 2.24. The fourth-order valence-corrected chi connectivity index (χ4v) is 3.28. The summed E-state index contributed by atoms with van der Waals surface area (Å²) >= 11 is 0. The van der Waals surface area contributed by atoms with E-state index in [0.29, 0.717) is 17.9 Å². The Balaban J connectivity index is 2.43. The summed E-state index contributed by atoms with van der Waals surface area (Å²) in [6.45, 7) is 5.80. The van der Waals surface area contributed by atoms with Crippen LogP contribution in [0.2, 0.25) is 0 Å². The number of aromatic amines is 1. The van der Waals surface area contributed by atoms with Gasteiger partial charge in [0, 0.05) is 13.5 Å². The van der Waals surface area contributed by atoms with Gasteiger partial charge < -0.3 is 4.98 Å². The first-order chi connectivity index (χ1) is 9.36. The summed E-state index contributed by atoms with van der Waals surface area (Å²) in [6, 6.07) is 5.68. The number of nitrogens with zero attached hydrogens (tertiary/aromatic N) is 2. The van der Waals surface area contributed by atoms with Crippen LogP contribution in [0.4, 0.5) is 5.69 Å². The van der Waals surface area contributed by atoms with Gasteiger partial charge in [-0.05, 0) is 25.5 Å². The molecule has 1 aromatic carbocycles. The minimum absolute atomic E-state index is 0.122. The Morgan fingerprint density at radius 2 is 2.00 bits per heavy atom. The number of nitrogens with one attached hydrogen (secondary N) is 1. The molecule has 1 N–H and O–H groups in total. The van der Waals surface area contributed by atoms with Gasteiger partial charge in [0.25, 0.3) is 10.0 Å². The van der Waals surface area contributed by atoms with E-state index in [4.69, 9.17) is 0 Å². The molecule has 0 unspecified atom stereocenters. The van der Waals surface area contributed by atoms with E-state index >= 15 is 0 Å². The van der Waals surface area contributed by atoms with Crippen LogP contribution >= 0.6 is 0 Å². The van der Waals surface area contributed by atoms with Gasteiger partial charge in [0.1, 0.15) is 5.82 Å². The van der Waals surface area contributed by atoms with E-state index in [2.05, 4.69) is 9.97 Å². The molecular weight excluding hydrogens is 274 g/mol. The van der Waals surface area contributed by atoms with E-state index in [1.54, 1.807) is 7.05 Å². The second-order valence-electron chi connectivity index (χ2n) is 4.81. The number of anilines is 1. The summed E-state index contributed by atoms with van der Waals surface area (Å²) in [5, 5.41) is 0.122. The lowest BCUT2D eigenvalue weighted by atomic mass is 10.1. The van der Waals surface area contributed by atoms with Crippen LogP contribution in [0.5, 0.6) is 0 Å². The van der Waals surface area contributed by atoms with Crippen molar-refractivity contribution >= 4 is 15.7 Å². The van der Waals surface area contributed by atoms with Crippen LogP contribution in [0.3, 0.4) is 0 Å². The third-order valence-corrected chi connectivity index (χ3v) is 4.95. The largest absolute Gasteiger partial charge is 0.332 e. The lowest BCUT2D eigenvalue weighted by molar-refractivity contribution is 0.591. The van der Waals surface area contributed by atoms with Crippen molar-refractivity contribution in [3.8, 4) is 0 Å². The number of aromatic nitrogens is 2. The van der Waals surface area contributed by atoms with Gasteiger partial charge in [0.05, 0.1) is 11.9 Å². The lowest BCUT2D eigenvalue weighted by Gasteiger charge is -2.20. The first kappa shape index (κ1) is 14.6. The standard InChI is InChI=1S/C14H19N3O2S/c1-5-13-15-9-14(16-13)20(18,19)17(4)12-7-6-10(2)8-11(12)3/h6-9H,5H2,1-4H3,(H,15,16). The predicted octanol–water partition coefficient (Wildman–Crippen LogP) is 2.41. The summed E-state index contributed by atoms with van der Waals surface area (Å²) in [5.41, 5.74) is 2.70. The highest BCUT2D eigenvalue weighted by molar-refractivity contribution is 7.92. The molecular formula is C14H19N3O2S. The molecule has 2 aromatic rings. The van der Waals surface area contributed by atoms with Gasteiger partial charge in [0.2, 0.25) is 0 Å². The minimum Gasteiger partial charge on any atom is -0.332 e. The molecule has 108 valence electrons. The Bertz CT molecular complexity index is 720. The van der Waals surface area contributed by atoms with Crippen LogP contribution < -0.4 is 4.31 Å². The number of H-pyrrole nitrogens is 1. The van der Waals surface area contributed by atoms with Crippen molar-refractivity contribution in [1.29, 1.82) is 0 Å². The van der Waals surface area contributed by atoms with E-state index in [0.717, 1.165) is 11.1 Å². The maximum atomic E-state index is 12.6. The van der Waals surface area contributed by atoms with Gasteiger partial charge in [-0.1, -0.05) is 24.6 Å². The van der Waals surface area contributed by atoms with Crippen molar-refractivity contribution in [1.82, 2.24) is 9.97 Å². The summed E-state index contributed by atoms with van der Waals surface area (Å²) < 4.78 is 26.4. The molecule has 5 nitrogen and oxygen atoms in total. The number of sulfonamides is 1. The van der Waals surface area contributed by atoms with E-state index in [1.807, 2.05) is 39.0 Å². The van der Waals surface area contributed by atoms with Gasteiger partial charge in [0.15, 0.2) is 5.03 Å². The first-order valence-corrected chi connectivity index (χ1v) is 7.90. The smallest absolute Gasteiger partial charge is 0.281 e. The van der Waals surface area contributed by atoms with Gasteiger partial charge in [-0.3, -0.25) is 4.31 Å². The van der Waals surface area contributed by atoms with Crippen LogP contribution in [0.15, 0.2) is 29.4 Å². The summed E-state index contributed by atoms with van der Waals surface area (Å²) in [5.74, 6) is 0.664. The molecule has 20 heavy (non-hydrogen) atoms. The molecule has 0 aliphatic heterocycles. The van der Waals surface area contributed by atoms with Gasteiger partial charge in [-0.2, -0.15) is 8.42 Å². The van der Waals surface area contributed by atoms with Gasteiger partial charge in [-0.25, -0.2) is 4.98 Å². The van der Waals surface area contributed by atoms with Crippen molar-refractivity contribution in [3.05, 3.63) is 41.3 Å². The molecule has 0 bridgehead atoms. The number of rotatable bonds is 4. The second kappa shape index (κ2) is 5.28. The zero-order valence-electron chi connectivity index (χ0n) is 12.1. The average Bonchev–Trinajstić information content (AvgIpc) is 2.87. The fourth-order valence-electron chi connectivity index (χ4n) is 2.09. The van der Waals surface area contributed by atoms with Crippen LogP contribution in [0.25, 0.3) is 0 Å². The van der Waals surface area contributed by atoms with Crippen LogP contribution in [-0.4, -0.2) is 25.4 Å². The zero-order chi connectivity index (χ0) is 14.9. The molecule has 0 amide bonds. The molecule has 0 aliphatic carbocycles. The van der Waals surface area contributed by atoms with E-state index in [1.165, 1.54) is 10.5 Å². The maximum Gasteiger partial charge on any atom is 0.281 e. The maximum absolute atomic E-state index is 12.6. The van der Waals surface area contributed by atoms with Crippen molar-refractivity contribution in [2.24, 2.45) is 0 Å². The van der Waals surface area contributed by atoms with Gasteiger partial charge >= 0.3 is 0 Å². The molecule has 0 spiro atoms. The van der Waals surface area contributed by atoms with E-state index in [-0.39, 0.29) is 5.03 Å². The summed E-state index contributed by atoms with van der Waals surface area (Å²) in [4.78, 5) is 6.90. The molecule has 1 aromatic heterocycles. The molecule has 0 saturated heterocycles. The van der Waals surface area contributed by atoms with E-state index in [9.17, 15) is 8.42 Å². The Labute approximate surface area is 119 Å². The molecule has 0 saturated carbocycles. The average molecular weight is 293 g/mol. The normalized spacial score (nSPS) is 11.6. The first-order valence-electron chi connectivity index (χ1n) is 6.46. The third kappa shape index (κ3) is 2.56. The van der Waals surface area contributed by atoms with Crippen molar-refractivity contribution in [2.75, 3.05) is 11.4 Å². The minimum atomic E-state index is -3.60. The number of aryl methyl sites for hydroxylation is 3. The molecule has 6 heteroatoms. The van der Waals surface area contributed by atoms with E-state index < -0.39 is 10.0 Å². The number of benzene rings is 1. The van der Waals surface area contributed by atoms with Crippen LogP contribution in [0.1, 0.15) is 23.9 Å². The third-order valence-electron chi connectivity index (χ3n) is 3.27. The van der Waals surface area contributed by atoms with Crippen LogP contribution in [0, 0.1) is 13.8 Å². The molecule has 0 atom stereocenters. The van der Waals surface area contributed by atoms with Crippen molar-refractivity contribution in [2.45, 2.75) is 32.2 Å². The highest BCUT2D eigenvalue weighted by Crippen LogP contribution is 2.25. The Morgan fingerprint density at radius 1 is 1.30 bits per heavy atom. The SMILES string of the molecule is CCc1ncc(S(=O)(=O)N(C)c2ccc(C)cc2C)[nH]1. The van der Waals surface area contributed by atoms with Crippen molar-refractivity contribution < 1.29 is 8.42 Å². The monoisotopic (exact) mass is 293 g/mol. The quantitative estimate of drug-likeness (QED) is 0.941. The molecule has 0 radical (unpaired) electrons. The number of hydrogen-bond donors (Lipinski definition) is 1. The van der Waals surface area contributed by atoms with Crippen LogP contribution in [-0.2, 0) is 16.4 Å². The fraction of sp³-hybridized carbons (Fsp3) is 0.357. The van der Waals surface area contributed by atoms with Crippen molar-refractivity contribution in [3.63, 3.8) is 0 Å². The summed E-state index contributed by atoms with van der Waals surface area (Å²) in [7, 11) is -2.05.